The van der Waals surface area contributed by atoms with Gasteiger partial charge in [-0.15, -0.1) is 0 Å². The predicted octanol–water partition coefficient (Wildman–Crippen LogP) is 5.11. The Bertz CT molecular complexity index is 1740. The average Bonchev–Trinajstić information content (AvgIpc) is 3.52. The molecule has 6 rings (SSSR count). The maximum absolute atomic E-state index is 15.1. The number of aromatic amines is 2. The summed E-state index contributed by atoms with van der Waals surface area (Å²) >= 11 is 0. The van der Waals surface area contributed by atoms with E-state index in [0.717, 1.165) is 16.8 Å². The Kier molecular flexibility index (Phi) is 5.18. The lowest BCUT2D eigenvalue weighted by molar-refractivity contribution is -0.115. The number of amides is 1. The number of halogens is 1. The molecule has 1 aromatic carbocycles. The Hall–Kier alpha value is -4.99. The number of pyridine rings is 3. The molecule has 1 amide bonds. The zero-order valence-electron chi connectivity index (χ0n) is 19.1. The van der Waals surface area contributed by atoms with Crippen LogP contribution < -0.4 is 5.32 Å². The van der Waals surface area contributed by atoms with E-state index in [0.29, 0.717) is 51.3 Å². The number of imidazole rings is 1. The number of nitrogens with zero attached hydrogens (tertiary/aromatic N) is 5. The van der Waals surface area contributed by atoms with E-state index in [1.807, 2.05) is 24.3 Å². The van der Waals surface area contributed by atoms with Crippen molar-refractivity contribution in [1.29, 1.82) is 0 Å². The molecule has 176 valence electrons. The van der Waals surface area contributed by atoms with Crippen LogP contribution in [0.5, 0.6) is 0 Å². The Labute approximate surface area is 203 Å². The van der Waals surface area contributed by atoms with Gasteiger partial charge in [-0.1, -0.05) is 13.0 Å². The molecule has 0 bridgehead atoms. The number of benzene rings is 1. The summed E-state index contributed by atoms with van der Waals surface area (Å²) in [5, 5.41) is 10.7. The van der Waals surface area contributed by atoms with E-state index in [-0.39, 0.29) is 5.91 Å². The zero-order chi connectivity index (χ0) is 24.6. The summed E-state index contributed by atoms with van der Waals surface area (Å²) in [5.74, 6) is -0.0977. The van der Waals surface area contributed by atoms with Crippen molar-refractivity contribution in [2.45, 2.75) is 13.3 Å². The van der Waals surface area contributed by atoms with Crippen molar-refractivity contribution in [2.75, 3.05) is 5.32 Å². The Morgan fingerprint density at radius 1 is 1.06 bits per heavy atom. The Morgan fingerprint density at radius 3 is 2.81 bits per heavy atom. The highest BCUT2D eigenvalue weighted by atomic mass is 19.1. The first-order valence-electron chi connectivity index (χ1n) is 11.3. The van der Waals surface area contributed by atoms with Crippen molar-refractivity contribution in [3.05, 3.63) is 73.1 Å². The standard InChI is InChI=1S/C26H19FN8O/c1-2-22(36)31-15-9-14(12-28-13-15)17-10-18-21(11-19(17)27)34-35-24(18)26-32-23-16(6-8-30-25(23)33-26)20-5-3-4-7-29-20/h3-13H,2H2,1H3,(H,31,36)(H,34,35)(H,30,32,33). The first-order chi connectivity index (χ1) is 17.6. The summed E-state index contributed by atoms with van der Waals surface area (Å²) in [4.78, 5) is 32.7. The van der Waals surface area contributed by atoms with Gasteiger partial charge in [0.25, 0.3) is 0 Å². The van der Waals surface area contributed by atoms with Crippen LogP contribution in [0.25, 0.3) is 56.0 Å². The number of carbonyl (C=O) groups is 1. The van der Waals surface area contributed by atoms with E-state index < -0.39 is 5.82 Å². The molecule has 5 aromatic heterocycles. The number of anilines is 1. The highest BCUT2D eigenvalue weighted by Crippen LogP contribution is 2.34. The zero-order valence-corrected chi connectivity index (χ0v) is 19.1. The molecule has 0 radical (unpaired) electrons. The van der Waals surface area contributed by atoms with E-state index in [2.05, 4.69) is 40.4 Å². The fraction of sp³-hybridized carbons (Fsp3) is 0.0769. The van der Waals surface area contributed by atoms with E-state index in [9.17, 15) is 4.79 Å². The molecule has 0 aliphatic heterocycles. The van der Waals surface area contributed by atoms with Crippen LogP contribution in [-0.4, -0.2) is 41.0 Å². The lowest BCUT2D eigenvalue weighted by Crippen LogP contribution is -2.09. The summed E-state index contributed by atoms with van der Waals surface area (Å²) in [6.45, 7) is 1.76. The number of nitrogens with one attached hydrogen (secondary N) is 3. The third-order valence-electron chi connectivity index (χ3n) is 5.86. The van der Waals surface area contributed by atoms with Gasteiger partial charge in [0.1, 0.15) is 11.5 Å². The molecule has 0 aliphatic rings. The maximum atomic E-state index is 15.1. The minimum atomic E-state index is -0.442. The van der Waals surface area contributed by atoms with Crippen molar-refractivity contribution in [3.8, 4) is 33.9 Å². The van der Waals surface area contributed by atoms with Crippen molar-refractivity contribution < 1.29 is 9.18 Å². The molecule has 3 N–H and O–H groups in total. The van der Waals surface area contributed by atoms with Gasteiger partial charge in [-0.3, -0.25) is 19.9 Å². The van der Waals surface area contributed by atoms with Gasteiger partial charge >= 0.3 is 0 Å². The molecule has 9 nitrogen and oxygen atoms in total. The molecule has 5 heterocycles. The van der Waals surface area contributed by atoms with Crippen molar-refractivity contribution in [3.63, 3.8) is 0 Å². The molecule has 0 saturated carbocycles. The third-order valence-corrected chi connectivity index (χ3v) is 5.86. The van der Waals surface area contributed by atoms with Gasteiger partial charge in [0.15, 0.2) is 11.5 Å². The highest BCUT2D eigenvalue weighted by Gasteiger charge is 2.18. The van der Waals surface area contributed by atoms with Crippen LogP contribution in [0.15, 0.2) is 67.3 Å². The summed E-state index contributed by atoms with van der Waals surface area (Å²) < 4.78 is 15.1. The molecule has 0 atom stereocenters. The maximum Gasteiger partial charge on any atom is 0.224 e. The van der Waals surface area contributed by atoms with Crippen molar-refractivity contribution >= 4 is 33.7 Å². The molecule has 0 aliphatic carbocycles. The Morgan fingerprint density at radius 2 is 1.97 bits per heavy atom. The smallest absolute Gasteiger partial charge is 0.224 e. The molecule has 0 saturated heterocycles. The molecular weight excluding hydrogens is 459 g/mol. The largest absolute Gasteiger partial charge is 0.335 e. The molecular formula is C26H19FN8O. The van der Waals surface area contributed by atoms with Gasteiger partial charge in [0, 0.05) is 53.2 Å². The van der Waals surface area contributed by atoms with Crippen LogP contribution in [0.2, 0.25) is 0 Å². The fourth-order valence-corrected chi connectivity index (χ4v) is 4.10. The van der Waals surface area contributed by atoms with Crippen LogP contribution in [0.3, 0.4) is 0 Å². The number of H-pyrrole nitrogens is 2. The quantitative estimate of drug-likeness (QED) is 0.316. The number of fused-ring (bicyclic) bond motifs is 2. The highest BCUT2D eigenvalue weighted by molar-refractivity contribution is 5.97. The van der Waals surface area contributed by atoms with E-state index >= 15 is 4.39 Å². The minimum absolute atomic E-state index is 0.148. The van der Waals surface area contributed by atoms with Crippen LogP contribution >= 0.6 is 0 Å². The molecule has 6 aromatic rings. The monoisotopic (exact) mass is 478 g/mol. The number of rotatable bonds is 5. The van der Waals surface area contributed by atoms with Crippen molar-refractivity contribution in [2.24, 2.45) is 0 Å². The first kappa shape index (κ1) is 21.5. The summed E-state index contributed by atoms with van der Waals surface area (Å²) in [7, 11) is 0. The average molecular weight is 478 g/mol. The number of hydrogen-bond donors (Lipinski definition) is 3. The number of aromatic nitrogens is 7. The normalized spacial score (nSPS) is 11.3. The van der Waals surface area contributed by atoms with Gasteiger partial charge in [-0.05, 0) is 30.3 Å². The van der Waals surface area contributed by atoms with Gasteiger partial charge in [0.2, 0.25) is 5.91 Å². The second kappa shape index (κ2) is 8.66. The van der Waals surface area contributed by atoms with Crippen LogP contribution in [0, 0.1) is 5.82 Å². The van der Waals surface area contributed by atoms with Crippen molar-refractivity contribution in [1.82, 2.24) is 35.1 Å². The number of carbonyl (C=O) groups excluding carboxylic acids is 1. The van der Waals surface area contributed by atoms with Gasteiger partial charge in [-0.25, -0.2) is 14.4 Å². The topological polar surface area (TPSA) is 125 Å². The third kappa shape index (κ3) is 3.74. The van der Waals surface area contributed by atoms with Gasteiger partial charge in [0.05, 0.1) is 28.6 Å². The lowest BCUT2D eigenvalue weighted by Gasteiger charge is -2.08. The number of hydrogen-bond acceptors (Lipinski definition) is 6. The summed E-state index contributed by atoms with van der Waals surface area (Å²) in [6, 6.07) is 12.3. The van der Waals surface area contributed by atoms with Gasteiger partial charge < -0.3 is 10.3 Å². The van der Waals surface area contributed by atoms with Crippen LogP contribution in [0.4, 0.5) is 10.1 Å². The molecule has 0 unspecified atom stereocenters. The minimum Gasteiger partial charge on any atom is -0.335 e. The SMILES string of the molecule is CCC(=O)Nc1cncc(-c2cc3c(-c4nc5nccc(-c6ccccn6)c5[nH]4)n[nH]c3cc2F)c1. The predicted molar refractivity (Wildman–Crippen MR) is 134 cm³/mol. The van der Waals surface area contributed by atoms with E-state index in [1.165, 1.54) is 12.3 Å². The second-order valence-electron chi connectivity index (χ2n) is 8.17. The van der Waals surface area contributed by atoms with E-state index in [4.69, 9.17) is 0 Å². The van der Waals surface area contributed by atoms with Crippen LogP contribution in [0.1, 0.15) is 13.3 Å². The lowest BCUT2D eigenvalue weighted by atomic mass is 10.0. The summed E-state index contributed by atoms with van der Waals surface area (Å²) in [5.41, 5.74) is 5.31. The molecule has 36 heavy (non-hydrogen) atoms. The van der Waals surface area contributed by atoms with Crippen LogP contribution in [-0.2, 0) is 4.79 Å². The molecule has 0 spiro atoms. The molecule has 10 heteroatoms. The molecule has 0 fully saturated rings. The van der Waals surface area contributed by atoms with E-state index in [1.54, 1.807) is 37.6 Å². The second-order valence-corrected chi connectivity index (χ2v) is 8.17. The Balaban J connectivity index is 1.46. The summed E-state index contributed by atoms with van der Waals surface area (Å²) in [6.07, 6.45) is 6.82. The first-order valence-corrected chi connectivity index (χ1v) is 11.3. The van der Waals surface area contributed by atoms with Gasteiger partial charge in [-0.2, -0.15) is 5.10 Å². The fourth-order valence-electron chi connectivity index (χ4n) is 4.10.